The van der Waals surface area contributed by atoms with Crippen LogP contribution in [0.3, 0.4) is 0 Å². The zero-order valence-electron chi connectivity index (χ0n) is 11.2. The first-order valence-electron chi connectivity index (χ1n) is 5.86. The number of carboxylic acid groups (broad SMARTS) is 1. The van der Waals surface area contributed by atoms with Gasteiger partial charge in [-0.05, 0) is 24.6 Å². The molecule has 0 bridgehead atoms. The van der Waals surface area contributed by atoms with Crippen molar-refractivity contribution >= 4 is 17.7 Å². The van der Waals surface area contributed by atoms with Gasteiger partial charge in [0.05, 0.1) is 18.7 Å². The summed E-state index contributed by atoms with van der Waals surface area (Å²) in [4.78, 5) is 22.3. The van der Waals surface area contributed by atoms with Crippen LogP contribution in [0.4, 0.5) is 10.5 Å². The summed E-state index contributed by atoms with van der Waals surface area (Å²) in [7, 11) is 1.51. The molecule has 0 aliphatic carbocycles. The van der Waals surface area contributed by atoms with Gasteiger partial charge >= 0.3 is 12.0 Å². The van der Waals surface area contributed by atoms with Gasteiger partial charge in [-0.1, -0.05) is 13.0 Å². The number of carboxylic acids is 1. The van der Waals surface area contributed by atoms with Crippen molar-refractivity contribution in [2.24, 2.45) is 5.92 Å². The molecule has 0 fully saturated rings. The van der Waals surface area contributed by atoms with Crippen LogP contribution in [0.2, 0.25) is 0 Å². The second kappa shape index (κ2) is 6.63. The van der Waals surface area contributed by atoms with Gasteiger partial charge in [-0.15, -0.1) is 0 Å². The summed E-state index contributed by atoms with van der Waals surface area (Å²) < 4.78 is 5.13. The maximum Gasteiger partial charge on any atom is 0.319 e. The normalized spacial score (nSPS) is 11.5. The van der Waals surface area contributed by atoms with Gasteiger partial charge in [0, 0.05) is 6.54 Å². The minimum absolute atomic E-state index is 0.0648. The van der Waals surface area contributed by atoms with Crippen LogP contribution in [-0.4, -0.2) is 30.8 Å². The maximum atomic E-state index is 11.6. The number of urea groups is 1. The predicted octanol–water partition coefficient (Wildman–Crippen LogP) is 1.85. The molecule has 0 spiro atoms. The van der Waals surface area contributed by atoms with Gasteiger partial charge in [0.15, 0.2) is 0 Å². The third kappa shape index (κ3) is 4.50. The zero-order chi connectivity index (χ0) is 14.4. The van der Waals surface area contributed by atoms with Gasteiger partial charge in [0.25, 0.3) is 0 Å². The summed E-state index contributed by atoms with van der Waals surface area (Å²) in [6, 6.07) is 4.94. The molecule has 0 saturated carbocycles. The summed E-state index contributed by atoms with van der Waals surface area (Å²) in [5.74, 6) is -1.04. The quantitative estimate of drug-likeness (QED) is 0.759. The number of aliphatic carboxylic acids is 1. The minimum Gasteiger partial charge on any atom is -0.495 e. The van der Waals surface area contributed by atoms with Crippen LogP contribution in [0.1, 0.15) is 12.5 Å². The van der Waals surface area contributed by atoms with E-state index in [4.69, 9.17) is 9.84 Å². The number of carbonyl (C=O) groups excluding carboxylic acids is 1. The first kappa shape index (κ1) is 14.8. The summed E-state index contributed by atoms with van der Waals surface area (Å²) in [5.41, 5.74) is 1.53. The fraction of sp³-hybridized carbons (Fsp3) is 0.385. The maximum absolute atomic E-state index is 11.6. The lowest BCUT2D eigenvalue weighted by Gasteiger charge is -2.13. The highest BCUT2D eigenvalue weighted by Gasteiger charge is 2.13. The molecule has 1 aromatic carbocycles. The molecule has 1 unspecified atom stereocenters. The van der Waals surface area contributed by atoms with Gasteiger partial charge in [0.2, 0.25) is 0 Å². The van der Waals surface area contributed by atoms with Gasteiger partial charge < -0.3 is 20.5 Å². The van der Waals surface area contributed by atoms with Crippen LogP contribution in [0.5, 0.6) is 5.75 Å². The second-order valence-electron chi connectivity index (χ2n) is 4.28. The summed E-state index contributed by atoms with van der Waals surface area (Å²) in [5, 5.41) is 13.8. The van der Waals surface area contributed by atoms with Crippen molar-refractivity contribution in [1.29, 1.82) is 0 Å². The van der Waals surface area contributed by atoms with E-state index in [9.17, 15) is 9.59 Å². The van der Waals surface area contributed by atoms with E-state index >= 15 is 0 Å². The molecule has 6 heteroatoms. The van der Waals surface area contributed by atoms with E-state index in [0.29, 0.717) is 11.4 Å². The molecule has 104 valence electrons. The van der Waals surface area contributed by atoms with Crippen LogP contribution in [0.25, 0.3) is 0 Å². The van der Waals surface area contributed by atoms with Crippen LogP contribution in [0.15, 0.2) is 18.2 Å². The average molecular weight is 266 g/mol. The van der Waals surface area contributed by atoms with Gasteiger partial charge in [-0.25, -0.2) is 4.79 Å². The molecular weight excluding hydrogens is 248 g/mol. The third-order valence-electron chi connectivity index (χ3n) is 2.59. The Morgan fingerprint density at radius 3 is 2.68 bits per heavy atom. The number of amides is 2. The summed E-state index contributed by atoms with van der Waals surface area (Å²) >= 11 is 0. The van der Waals surface area contributed by atoms with E-state index < -0.39 is 17.9 Å². The van der Waals surface area contributed by atoms with Crippen molar-refractivity contribution in [1.82, 2.24) is 5.32 Å². The zero-order valence-corrected chi connectivity index (χ0v) is 11.2. The molecule has 1 atom stereocenters. The molecule has 6 nitrogen and oxygen atoms in total. The van der Waals surface area contributed by atoms with Crippen LogP contribution >= 0.6 is 0 Å². The van der Waals surface area contributed by atoms with Gasteiger partial charge in [-0.2, -0.15) is 0 Å². The number of nitrogens with one attached hydrogen (secondary N) is 2. The number of carbonyl (C=O) groups is 2. The monoisotopic (exact) mass is 266 g/mol. The smallest absolute Gasteiger partial charge is 0.319 e. The van der Waals surface area contributed by atoms with Crippen molar-refractivity contribution in [3.05, 3.63) is 23.8 Å². The first-order valence-corrected chi connectivity index (χ1v) is 5.86. The lowest BCUT2D eigenvalue weighted by atomic mass is 10.2. The van der Waals surface area contributed by atoms with E-state index in [0.717, 1.165) is 5.56 Å². The number of anilines is 1. The molecule has 1 aromatic rings. The van der Waals surface area contributed by atoms with Crippen LogP contribution in [-0.2, 0) is 4.79 Å². The SMILES string of the molecule is COc1ccc(C)cc1NC(=O)NCC(C)C(=O)O. The fourth-order valence-corrected chi connectivity index (χ4v) is 1.42. The number of hydrogen-bond acceptors (Lipinski definition) is 3. The molecule has 0 saturated heterocycles. The molecule has 0 heterocycles. The number of hydrogen-bond donors (Lipinski definition) is 3. The minimum atomic E-state index is -0.951. The highest BCUT2D eigenvalue weighted by atomic mass is 16.5. The largest absolute Gasteiger partial charge is 0.495 e. The Kier molecular flexibility index (Phi) is 5.17. The molecule has 2 amide bonds. The average Bonchev–Trinajstić information content (AvgIpc) is 2.36. The predicted molar refractivity (Wildman–Crippen MR) is 71.6 cm³/mol. The number of benzene rings is 1. The Morgan fingerprint density at radius 2 is 2.11 bits per heavy atom. The molecule has 19 heavy (non-hydrogen) atoms. The van der Waals surface area contributed by atoms with Gasteiger partial charge in [0.1, 0.15) is 5.75 Å². The molecule has 3 N–H and O–H groups in total. The topological polar surface area (TPSA) is 87.7 Å². The fourth-order valence-electron chi connectivity index (χ4n) is 1.42. The second-order valence-corrected chi connectivity index (χ2v) is 4.28. The van der Waals surface area contributed by atoms with Crippen molar-refractivity contribution in [2.75, 3.05) is 19.0 Å². The molecule has 0 aromatic heterocycles. The number of aryl methyl sites for hydroxylation is 1. The first-order chi connectivity index (χ1) is 8.93. The van der Waals surface area contributed by atoms with E-state index in [2.05, 4.69) is 10.6 Å². The summed E-state index contributed by atoms with van der Waals surface area (Å²) in [6.45, 7) is 3.49. The van der Waals surface area contributed by atoms with E-state index in [1.165, 1.54) is 14.0 Å². The molecule has 0 aliphatic rings. The highest BCUT2D eigenvalue weighted by molar-refractivity contribution is 5.91. The van der Waals surface area contributed by atoms with E-state index in [1.807, 2.05) is 13.0 Å². The van der Waals surface area contributed by atoms with Crippen LogP contribution < -0.4 is 15.4 Å². The number of rotatable bonds is 5. The van der Waals surface area contributed by atoms with Crippen molar-refractivity contribution in [3.8, 4) is 5.75 Å². The van der Waals surface area contributed by atoms with Crippen LogP contribution in [0, 0.1) is 12.8 Å². The van der Waals surface area contributed by atoms with Crippen molar-refractivity contribution in [2.45, 2.75) is 13.8 Å². The summed E-state index contributed by atoms with van der Waals surface area (Å²) in [6.07, 6.45) is 0. The Hall–Kier alpha value is -2.24. The van der Waals surface area contributed by atoms with E-state index in [-0.39, 0.29) is 6.54 Å². The number of methoxy groups -OCH3 is 1. The Morgan fingerprint density at radius 1 is 1.42 bits per heavy atom. The lowest BCUT2D eigenvalue weighted by molar-refractivity contribution is -0.140. The Labute approximate surface area is 111 Å². The highest BCUT2D eigenvalue weighted by Crippen LogP contribution is 2.24. The van der Waals surface area contributed by atoms with Crippen molar-refractivity contribution in [3.63, 3.8) is 0 Å². The lowest BCUT2D eigenvalue weighted by Crippen LogP contribution is -2.34. The third-order valence-corrected chi connectivity index (χ3v) is 2.59. The molecular formula is C13H18N2O4. The molecule has 0 aliphatic heterocycles. The molecule has 0 radical (unpaired) electrons. The van der Waals surface area contributed by atoms with Gasteiger partial charge in [-0.3, -0.25) is 4.79 Å². The van der Waals surface area contributed by atoms with E-state index in [1.54, 1.807) is 12.1 Å². The number of ether oxygens (including phenoxy) is 1. The standard InChI is InChI=1S/C13H18N2O4/c1-8-4-5-11(19-3)10(6-8)15-13(18)14-7-9(2)12(16)17/h4-6,9H,7H2,1-3H3,(H,16,17)(H2,14,15,18). The molecule has 1 rings (SSSR count). The Balaban J connectivity index is 2.62. The van der Waals surface area contributed by atoms with Crippen molar-refractivity contribution < 1.29 is 19.4 Å². The Bertz CT molecular complexity index is 474.